The summed E-state index contributed by atoms with van der Waals surface area (Å²) in [5, 5.41) is -2.13. The molecule has 0 saturated heterocycles. The number of hydrogen-bond donors (Lipinski definition) is 0. The van der Waals surface area contributed by atoms with Crippen molar-refractivity contribution in [3.63, 3.8) is 0 Å². The highest BCUT2D eigenvalue weighted by Gasteiger charge is 2.54. The Bertz CT molecular complexity index is 1720. The van der Waals surface area contributed by atoms with Gasteiger partial charge >= 0.3 is 26.7 Å². The van der Waals surface area contributed by atoms with Crippen LogP contribution < -0.4 is 18.5 Å². The van der Waals surface area contributed by atoms with Gasteiger partial charge in [0.1, 0.15) is 11.5 Å². The highest BCUT2D eigenvalue weighted by Crippen LogP contribution is 2.49. The third-order valence-corrected chi connectivity index (χ3v) is 14.2. The Morgan fingerprint density at radius 1 is 0.510 bits per heavy atom. The summed E-state index contributed by atoms with van der Waals surface area (Å²) in [7, 11) is -8.60. The van der Waals surface area contributed by atoms with Crippen LogP contribution in [0.3, 0.4) is 0 Å². The molecule has 0 aliphatic carbocycles. The number of benzene rings is 4. The lowest BCUT2D eigenvalue weighted by Gasteiger charge is -2.23. The first kappa shape index (κ1) is 38.0. The van der Waals surface area contributed by atoms with E-state index >= 15 is 0 Å². The zero-order chi connectivity index (χ0) is 36.0. The van der Waals surface area contributed by atoms with Crippen LogP contribution in [0.1, 0.15) is 75.6 Å². The lowest BCUT2D eigenvalue weighted by molar-refractivity contribution is 0.133. The predicted octanol–water partition coefficient (Wildman–Crippen LogP) is 11.2. The largest absolute Gasteiger partial charge is 0.604 e. The zero-order valence-electron chi connectivity index (χ0n) is 29.5. The second-order valence-electron chi connectivity index (χ2n) is 12.1. The fourth-order valence-corrected chi connectivity index (χ4v) is 9.12. The molecule has 0 spiro atoms. The highest BCUT2D eigenvalue weighted by atomic mass is 32.2. The maximum Gasteiger partial charge on any atom is 0.604 e. The van der Waals surface area contributed by atoms with Crippen molar-refractivity contribution < 1.29 is 36.1 Å². The van der Waals surface area contributed by atoms with Gasteiger partial charge in [-0.1, -0.05) is 64.1 Å². The minimum atomic E-state index is -3.91. The van der Waals surface area contributed by atoms with E-state index in [1.165, 1.54) is 48.5 Å². The normalized spacial score (nSPS) is 12.7. The van der Waals surface area contributed by atoms with Gasteiger partial charge in [0.05, 0.1) is 9.79 Å². The third-order valence-electron chi connectivity index (χ3n) is 8.92. The van der Waals surface area contributed by atoms with Crippen LogP contribution >= 0.6 is 16.1 Å². The van der Waals surface area contributed by atoms with E-state index in [1.807, 2.05) is 91.8 Å². The lowest BCUT2D eigenvalue weighted by atomic mass is 10.1. The number of hydrogen-bond acceptors (Lipinski definition) is 8. The molecule has 0 heterocycles. The smallest absolute Gasteiger partial charge is 0.441 e. The number of rotatable bonds is 16. The Morgan fingerprint density at radius 3 is 1.06 bits per heavy atom. The van der Waals surface area contributed by atoms with Crippen molar-refractivity contribution in [1.29, 1.82) is 0 Å². The van der Waals surface area contributed by atoms with Gasteiger partial charge in [-0.15, -0.1) is 0 Å². The summed E-state index contributed by atoms with van der Waals surface area (Å²) in [6.45, 7) is 15.4. The number of ether oxygens (including phenoxy) is 2. The van der Waals surface area contributed by atoms with Gasteiger partial charge < -0.3 is 9.47 Å². The average Bonchev–Trinajstić information content (AvgIpc) is 3.09. The molecule has 0 bridgehead atoms. The van der Waals surface area contributed by atoms with Crippen LogP contribution in [0.4, 0.5) is 0 Å². The number of sulfone groups is 1. The van der Waals surface area contributed by atoms with E-state index in [0.29, 0.717) is 37.2 Å². The van der Waals surface area contributed by atoms with Gasteiger partial charge in [-0.3, -0.25) is 9.05 Å². The van der Waals surface area contributed by atoms with Crippen molar-refractivity contribution in [2.24, 2.45) is 0 Å². The van der Waals surface area contributed by atoms with Crippen molar-refractivity contribution in [3.8, 4) is 23.0 Å². The second-order valence-corrected chi connectivity index (χ2v) is 17.1. The van der Waals surface area contributed by atoms with Crippen molar-refractivity contribution in [3.05, 3.63) is 107 Å². The molecule has 0 N–H and O–H groups in total. The highest BCUT2D eigenvalue weighted by molar-refractivity contribution is 7.91. The van der Waals surface area contributed by atoms with Crippen molar-refractivity contribution in [2.75, 3.05) is 0 Å². The topological polar surface area (TPSA) is 105 Å². The van der Waals surface area contributed by atoms with Gasteiger partial charge in [-0.2, -0.15) is 0 Å². The molecule has 2 unspecified atom stereocenters. The quantitative estimate of drug-likeness (QED) is 0.105. The number of aryl methyl sites for hydroxylation is 4. The van der Waals surface area contributed by atoms with Gasteiger partial charge in [-0.25, -0.2) is 8.42 Å². The zero-order valence-corrected chi connectivity index (χ0v) is 32.1. The van der Waals surface area contributed by atoms with E-state index in [-0.39, 0.29) is 21.3 Å². The first-order valence-corrected chi connectivity index (χ1v) is 20.4. The Balaban J connectivity index is 1.48. The third kappa shape index (κ3) is 8.17. The van der Waals surface area contributed by atoms with Gasteiger partial charge in [0.25, 0.3) is 0 Å². The average molecular weight is 725 g/mol. The lowest BCUT2D eigenvalue weighted by Crippen LogP contribution is -2.32. The monoisotopic (exact) mass is 724 g/mol. The van der Waals surface area contributed by atoms with Crippen LogP contribution in [-0.2, 0) is 19.0 Å². The van der Waals surface area contributed by atoms with Gasteiger partial charge in [0, 0.05) is 25.7 Å². The number of para-hydroxylation sites is 2. The van der Waals surface area contributed by atoms with Crippen LogP contribution in [0.5, 0.6) is 23.0 Å². The molecule has 49 heavy (non-hydrogen) atoms. The summed E-state index contributed by atoms with van der Waals surface area (Å²) < 4.78 is 78.7. The van der Waals surface area contributed by atoms with E-state index in [0.717, 1.165) is 22.3 Å². The van der Waals surface area contributed by atoms with Crippen LogP contribution in [-0.4, -0.2) is 19.1 Å². The Labute approximate surface area is 292 Å². The van der Waals surface area contributed by atoms with E-state index in [4.69, 9.17) is 18.5 Å². The Kier molecular flexibility index (Phi) is 12.3. The first-order chi connectivity index (χ1) is 23.3. The summed E-state index contributed by atoms with van der Waals surface area (Å²) >= 11 is 0. The fourth-order valence-electron chi connectivity index (χ4n) is 5.53. The molecule has 260 valence electrons. The van der Waals surface area contributed by atoms with Crippen molar-refractivity contribution in [1.82, 2.24) is 0 Å². The van der Waals surface area contributed by atoms with Gasteiger partial charge in [-0.05, 0) is 108 Å². The summed E-state index contributed by atoms with van der Waals surface area (Å²) in [5.41, 5.74) is 3.76. The molecule has 0 fully saturated rings. The summed E-state index contributed by atoms with van der Waals surface area (Å²) in [6.07, 6.45) is 1.79. The second kappa shape index (κ2) is 15.8. The van der Waals surface area contributed by atoms with Gasteiger partial charge in [0.15, 0.2) is 11.5 Å². The first-order valence-electron chi connectivity index (χ1n) is 16.5. The van der Waals surface area contributed by atoms with Crippen LogP contribution in [0, 0.1) is 27.7 Å². The van der Waals surface area contributed by atoms with Crippen molar-refractivity contribution >= 4 is 25.9 Å². The van der Waals surface area contributed by atoms with Crippen molar-refractivity contribution in [2.45, 2.75) is 102 Å². The molecule has 4 rings (SSSR count). The minimum Gasteiger partial charge on any atom is -0.441 e. The van der Waals surface area contributed by atoms with Crippen LogP contribution in [0.2, 0.25) is 0 Å². The molecule has 0 aliphatic heterocycles. The van der Waals surface area contributed by atoms with E-state index in [2.05, 4.69) is 0 Å². The summed E-state index contributed by atoms with van der Waals surface area (Å²) in [6, 6.07) is 23.3. The van der Waals surface area contributed by atoms with Gasteiger partial charge in [0.2, 0.25) is 9.84 Å². The maximum absolute atomic E-state index is 13.6. The standard InChI is InChI=1S/C38H46O8P2S/c1-9-37(10-2,43-35-27(5)15-13-16-28(35)6)47(39)45-31-19-23-33(24-20-31)49(41,42)34-25-21-32(22-26-34)46-48(40)38(11-3,12-4)44-36-29(7)17-14-18-30(36)8/h13-26H,9-12H2,1-8H3/q+2. The van der Waals surface area contributed by atoms with E-state index in [9.17, 15) is 17.5 Å². The molecule has 0 aliphatic rings. The molecule has 0 saturated carbocycles. The molecule has 11 heteroatoms. The predicted molar refractivity (Wildman–Crippen MR) is 195 cm³/mol. The SMILES string of the molecule is CCC(CC)(Oc1c(C)cccc1C)[P+](=O)Oc1ccc(S(=O)(=O)c2ccc(O[P+](=O)C(CC)(CC)Oc3c(C)cccc3C)cc2)cc1. The molecular weight excluding hydrogens is 678 g/mol. The van der Waals surface area contributed by atoms with Crippen LogP contribution in [0.25, 0.3) is 0 Å². The summed E-state index contributed by atoms with van der Waals surface area (Å²) in [5.74, 6) is 1.90. The molecule has 8 nitrogen and oxygen atoms in total. The Hall–Kier alpha value is -3.77. The molecule has 4 aromatic carbocycles. The molecule has 0 amide bonds. The van der Waals surface area contributed by atoms with E-state index in [1.54, 1.807) is 0 Å². The summed E-state index contributed by atoms with van der Waals surface area (Å²) in [4.78, 5) is 0.0775. The maximum atomic E-state index is 13.6. The molecule has 0 aromatic heterocycles. The van der Waals surface area contributed by atoms with E-state index < -0.39 is 36.6 Å². The molecular formula is C38H46O8P2S+2. The fraction of sp³-hybridized carbons (Fsp3) is 0.368. The molecule has 4 aromatic rings. The molecule has 0 radical (unpaired) electrons. The van der Waals surface area contributed by atoms with Crippen LogP contribution in [0.15, 0.2) is 94.7 Å². The Morgan fingerprint density at radius 2 is 0.796 bits per heavy atom. The molecule has 2 atom stereocenters. The minimum absolute atomic E-state index is 0.0387.